The molecule has 62 heavy (non-hydrogen) atoms. The lowest BCUT2D eigenvalue weighted by atomic mass is 9.95. The normalized spacial score (nSPS) is 19.3. The molecule has 4 aromatic rings. The number of piperidine rings is 1. The van der Waals surface area contributed by atoms with Gasteiger partial charge in [0.05, 0.1) is 28.5 Å². The molecule has 3 aliphatic heterocycles. The highest BCUT2D eigenvalue weighted by Crippen LogP contribution is 2.41. The number of ether oxygens (including phenoxy) is 1. The number of carbonyl (C=O) groups excluding carboxylic acids is 6. The van der Waals surface area contributed by atoms with Crippen molar-refractivity contribution < 1.29 is 33.5 Å². The van der Waals surface area contributed by atoms with Gasteiger partial charge in [-0.2, -0.15) is 0 Å². The predicted molar refractivity (Wildman–Crippen MR) is 231 cm³/mol. The first kappa shape index (κ1) is 43.5. The summed E-state index contributed by atoms with van der Waals surface area (Å²) in [5, 5.41) is 8.08. The highest BCUT2D eigenvalue weighted by Gasteiger charge is 2.45. The van der Waals surface area contributed by atoms with Gasteiger partial charge in [0.2, 0.25) is 29.5 Å². The molecule has 0 bridgehead atoms. The van der Waals surface area contributed by atoms with E-state index >= 15 is 0 Å². The second-order valence-electron chi connectivity index (χ2n) is 17.3. The molecule has 1 fully saturated rings. The van der Waals surface area contributed by atoms with Gasteiger partial charge >= 0.3 is 11.8 Å². The summed E-state index contributed by atoms with van der Waals surface area (Å²) < 4.78 is 8.54. The van der Waals surface area contributed by atoms with Crippen molar-refractivity contribution in [1.29, 1.82) is 0 Å². The van der Waals surface area contributed by atoms with E-state index in [-0.39, 0.29) is 30.9 Å². The number of nitrogens with zero attached hydrogens (tertiary/aromatic N) is 4. The summed E-state index contributed by atoms with van der Waals surface area (Å²) in [6.07, 6.45) is 10.5. The molecular weight excluding hydrogens is 793 g/mol. The molecule has 0 saturated carbocycles. The van der Waals surface area contributed by atoms with E-state index in [0.717, 1.165) is 66.3 Å². The molecule has 4 atom stereocenters. The summed E-state index contributed by atoms with van der Waals surface area (Å²) >= 11 is 0. The summed E-state index contributed by atoms with van der Waals surface area (Å²) in [6.45, 7) is 5.24. The van der Waals surface area contributed by atoms with Gasteiger partial charge < -0.3 is 21.1 Å². The number of nitrogens with one attached hydrogen (secondary N) is 3. The minimum Gasteiger partial charge on any atom is -0.444 e. The molecule has 0 aliphatic carbocycles. The van der Waals surface area contributed by atoms with Crippen molar-refractivity contribution in [3.8, 4) is 0 Å². The van der Waals surface area contributed by atoms with Gasteiger partial charge in [-0.05, 0) is 112 Å². The molecule has 0 radical (unpaired) electrons. The summed E-state index contributed by atoms with van der Waals surface area (Å²) in [5.74, 6) is -2.32. The van der Waals surface area contributed by atoms with Crippen molar-refractivity contribution >= 4 is 52.3 Å². The number of anilines is 1. The fourth-order valence-corrected chi connectivity index (χ4v) is 8.76. The first-order valence-corrected chi connectivity index (χ1v) is 21.3. The Labute approximate surface area is 359 Å². The number of hydrogen-bond acceptors (Lipinski definition) is 9. The number of unbranched alkanes of at least 4 members (excludes halogenated alkanes) is 3. The molecule has 7 rings (SSSR count). The molecule has 16 heteroatoms. The average molecular weight is 847 g/mol. The standard InChI is InChI=1S/C46H54N8O8/c1-46(2,3)62-44(60)50-33-16-15-29-23-28(24-30-26-37(54(40(29)30)43(33)59)42(58)49-32(17-20-38(47)55)31-13-9-10-22-48-31)12-8-6-5-7-11-27-14-18-34-36(25-27)52(4)45(61)53(34)35-19-21-39(56)51-41(35)57/h9-10,13-14,17-18,20,22-25,32-33,35,37H,5-8,11-12,15-16,19,21,26H2,1-4H3,(H2,47,55)(H,49,58)(H,50,60)(H,51,56,57)/b20-17+/t32-,33-,35?,37-/m0/s1. The van der Waals surface area contributed by atoms with E-state index in [4.69, 9.17) is 10.5 Å². The van der Waals surface area contributed by atoms with Gasteiger partial charge in [0.25, 0.3) is 0 Å². The van der Waals surface area contributed by atoms with Crippen molar-refractivity contribution in [2.24, 2.45) is 12.8 Å². The monoisotopic (exact) mass is 846 g/mol. The lowest BCUT2D eigenvalue weighted by molar-refractivity contribution is -0.135. The molecule has 2 aromatic heterocycles. The van der Waals surface area contributed by atoms with Crippen LogP contribution in [-0.2, 0) is 61.4 Å². The second-order valence-corrected chi connectivity index (χ2v) is 17.3. The smallest absolute Gasteiger partial charge is 0.408 e. The third-order valence-electron chi connectivity index (χ3n) is 11.6. The zero-order valence-corrected chi connectivity index (χ0v) is 35.6. The third kappa shape index (κ3) is 9.64. The summed E-state index contributed by atoms with van der Waals surface area (Å²) in [5.41, 5.74) is 10.9. The van der Waals surface area contributed by atoms with Crippen LogP contribution in [0.3, 0.4) is 0 Å². The molecule has 326 valence electrons. The van der Waals surface area contributed by atoms with E-state index < -0.39 is 59.5 Å². The maximum atomic E-state index is 14.4. The van der Waals surface area contributed by atoms with E-state index in [9.17, 15) is 33.6 Å². The Morgan fingerprint density at radius 1 is 0.935 bits per heavy atom. The molecule has 2 aromatic carbocycles. The number of hydrogen-bond donors (Lipinski definition) is 4. The van der Waals surface area contributed by atoms with E-state index in [2.05, 4.69) is 33.1 Å². The van der Waals surface area contributed by atoms with Gasteiger partial charge in [-0.15, -0.1) is 0 Å². The van der Waals surface area contributed by atoms with Crippen LogP contribution in [0.4, 0.5) is 10.5 Å². The largest absolute Gasteiger partial charge is 0.444 e. The Balaban J connectivity index is 1.03. The van der Waals surface area contributed by atoms with Gasteiger partial charge in [-0.25, -0.2) is 9.59 Å². The SMILES string of the molecule is Cn1c(=O)n(C2CCC(=O)NC2=O)c2ccc(CCCCCCc3cc4c5c(c3)C[C@@H](C(=O)N[C@@H](/C=C/C(N)=O)c3ccccn3)N5C(=O)[C@@H](NC(=O)OC(C)(C)C)CC4)cc21. The van der Waals surface area contributed by atoms with E-state index in [1.54, 1.807) is 56.8 Å². The maximum absolute atomic E-state index is 14.4. The number of nitrogens with two attached hydrogens (primary N) is 1. The first-order chi connectivity index (χ1) is 29.6. The quantitative estimate of drug-likeness (QED) is 0.0817. The van der Waals surface area contributed by atoms with E-state index in [1.165, 1.54) is 21.6 Å². The third-order valence-corrected chi connectivity index (χ3v) is 11.6. The molecular formula is C46H54N8O8. The number of benzene rings is 2. The molecule has 0 spiro atoms. The van der Waals surface area contributed by atoms with Crippen molar-refractivity contribution in [3.05, 3.63) is 105 Å². The number of carbonyl (C=O) groups is 6. The average Bonchev–Trinajstić information content (AvgIpc) is 3.68. The fraction of sp³-hybridized carbons (Fsp3) is 0.435. The minimum atomic E-state index is -0.932. The molecule has 16 nitrogen and oxygen atoms in total. The molecule has 3 aliphatic rings. The lowest BCUT2D eigenvalue weighted by Crippen LogP contribution is -2.55. The number of aryl methyl sites for hydroxylation is 4. The molecule has 6 amide bonds. The highest BCUT2D eigenvalue weighted by atomic mass is 16.6. The number of imide groups is 1. The molecule has 5 N–H and O–H groups in total. The minimum absolute atomic E-state index is 0.188. The van der Waals surface area contributed by atoms with Crippen LogP contribution < -0.4 is 32.3 Å². The summed E-state index contributed by atoms with van der Waals surface area (Å²) in [4.78, 5) is 96.5. The predicted octanol–water partition coefficient (Wildman–Crippen LogP) is 4.05. The Hall–Kier alpha value is -6.58. The van der Waals surface area contributed by atoms with Crippen molar-refractivity contribution in [2.45, 2.75) is 121 Å². The van der Waals surface area contributed by atoms with Crippen LogP contribution in [0.2, 0.25) is 0 Å². The van der Waals surface area contributed by atoms with E-state index in [1.807, 2.05) is 18.2 Å². The van der Waals surface area contributed by atoms with Crippen LogP contribution in [-0.4, -0.2) is 67.4 Å². The first-order valence-electron chi connectivity index (χ1n) is 21.3. The number of amides is 6. The van der Waals surface area contributed by atoms with Crippen molar-refractivity contribution in [1.82, 2.24) is 30.1 Å². The van der Waals surface area contributed by atoms with Gasteiger partial charge in [-0.1, -0.05) is 43.2 Å². The molecule has 1 saturated heterocycles. The Bertz CT molecular complexity index is 2500. The van der Waals surface area contributed by atoms with Crippen LogP contribution in [0.5, 0.6) is 0 Å². The van der Waals surface area contributed by atoms with Crippen LogP contribution >= 0.6 is 0 Å². The lowest BCUT2D eigenvalue weighted by Gasteiger charge is -2.29. The van der Waals surface area contributed by atoms with Gasteiger partial charge in [-0.3, -0.25) is 48.3 Å². The number of pyridine rings is 1. The maximum Gasteiger partial charge on any atom is 0.408 e. The Morgan fingerprint density at radius 2 is 1.68 bits per heavy atom. The van der Waals surface area contributed by atoms with Crippen LogP contribution in [0, 0.1) is 0 Å². The second kappa shape index (κ2) is 18.2. The fourth-order valence-electron chi connectivity index (χ4n) is 8.76. The highest BCUT2D eigenvalue weighted by molar-refractivity contribution is 6.08. The number of primary amides is 1. The number of rotatable bonds is 14. The van der Waals surface area contributed by atoms with Crippen molar-refractivity contribution in [3.63, 3.8) is 0 Å². The van der Waals surface area contributed by atoms with Crippen molar-refractivity contribution in [2.75, 3.05) is 4.90 Å². The van der Waals surface area contributed by atoms with Gasteiger partial charge in [0, 0.05) is 32.2 Å². The summed E-state index contributed by atoms with van der Waals surface area (Å²) in [6, 6.07) is 11.9. The number of imidazole rings is 1. The van der Waals surface area contributed by atoms with Crippen LogP contribution in [0.15, 0.2) is 71.7 Å². The van der Waals surface area contributed by atoms with Crippen LogP contribution in [0.25, 0.3) is 11.0 Å². The Kier molecular flexibility index (Phi) is 12.8. The number of fused-ring (bicyclic) bond motifs is 1. The number of alkyl carbamates (subject to hydrolysis) is 1. The topological polar surface area (TPSA) is 217 Å². The Morgan fingerprint density at radius 3 is 2.37 bits per heavy atom. The number of aromatic nitrogens is 3. The van der Waals surface area contributed by atoms with Gasteiger partial charge in [0.15, 0.2) is 0 Å². The zero-order valence-electron chi connectivity index (χ0n) is 35.6. The van der Waals surface area contributed by atoms with Crippen LogP contribution in [0.1, 0.15) is 106 Å². The summed E-state index contributed by atoms with van der Waals surface area (Å²) in [7, 11) is 1.70. The molecule has 5 heterocycles. The van der Waals surface area contributed by atoms with Gasteiger partial charge in [0.1, 0.15) is 23.7 Å². The zero-order chi connectivity index (χ0) is 44.3. The van der Waals surface area contributed by atoms with E-state index in [0.29, 0.717) is 29.7 Å². The molecule has 1 unspecified atom stereocenters.